The van der Waals surface area contributed by atoms with Crippen molar-refractivity contribution in [1.29, 1.82) is 0 Å². The molecule has 1 fully saturated rings. The van der Waals surface area contributed by atoms with E-state index in [0.717, 1.165) is 46.7 Å². The van der Waals surface area contributed by atoms with Crippen molar-refractivity contribution in [3.63, 3.8) is 0 Å². The Balaban J connectivity index is 1.29. The molecule has 7 nitrogen and oxygen atoms in total. The van der Waals surface area contributed by atoms with Crippen LogP contribution < -0.4 is 10.6 Å². The average Bonchev–Trinajstić information content (AvgIpc) is 3.37. The summed E-state index contributed by atoms with van der Waals surface area (Å²) >= 11 is 2.82. The number of carbonyl (C=O) groups excluding carboxylic acids is 2. The third-order valence-corrected chi connectivity index (χ3v) is 6.30. The average molecular weight is 390 g/mol. The second kappa shape index (κ2) is 7.73. The van der Waals surface area contributed by atoms with Gasteiger partial charge in [0.15, 0.2) is 10.1 Å². The van der Waals surface area contributed by atoms with Gasteiger partial charge in [-0.05, 0) is 36.6 Å². The smallest absolute Gasteiger partial charge is 0.228 e. The number of aromatic nitrogens is 2. The maximum absolute atomic E-state index is 12.4. The Kier molecular flexibility index (Phi) is 5.18. The van der Waals surface area contributed by atoms with Crippen molar-refractivity contribution in [2.24, 2.45) is 0 Å². The molecule has 1 saturated heterocycles. The number of rotatable bonds is 7. The molecule has 136 valence electrons. The van der Waals surface area contributed by atoms with Crippen LogP contribution in [0.3, 0.4) is 0 Å². The van der Waals surface area contributed by atoms with Crippen molar-refractivity contribution in [1.82, 2.24) is 10.2 Å². The molecule has 2 aromatic rings. The highest BCUT2D eigenvalue weighted by Gasteiger charge is 2.20. The summed E-state index contributed by atoms with van der Waals surface area (Å²) in [5.74, 6) is 0.276. The highest BCUT2D eigenvalue weighted by atomic mass is 32.2. The van der Waals surface area contributed by atoms with Crippen molar-refractivity contribution in [3.05, 3.63) is 29.3 Å². The Morgan fingerprint density at radius 3 is 3.19 bits per heavy atom. The van der Waals surface area contributed by atoms with Crippen LogP contribution in [0.1, 0.15) is 28.8 Å². The first-order valence-corrected chi connectivity index (χ1v) is 10.3. The lowest BCUT2D eigenvalue weighted by atomic mass is 10.1. The number of amides is 1. The number of benzene rings is 1. The van der Waals surface area contributed by atoms with Gasteiger partial charge < -0.3 is 15.4 Å². The van der Waals surface area contributed by atoms with Gasteiger partial charge in [-0.3, -0.25) is 9.59 Å². The van der Waals surface area contributed by atoms with Crippen LogP contribution in [-0.2, 0) is 16.0 Å². The Labute approximate surface area is 158 Å². The van der Waals surface area contributed by atoms with Gasteiger partial charge >= 0.3 is 0 Å². The van der Waals surface area contributed by atoms with Gasteiger partial charge in [-0.1, -0.05) is 23.1 Å². The quantitative estimate of drug-likeness (QED) is 0.554. The normalized spacial score (nSPS) is 18.6. The number of carbonyl (C=O) groups is 2. The molecule has 0 aliphatic carbocycles. The number of nitrogens with one attached hydrogen (secondary N) is 2. The number of hydrogen-bond donors (Lipinski definition) is 2. The van der Waals surface area contributed by atoms with Gasteiger partial charge in [0.1, 0.15) is 0 Å². The molecular formula is C17H18N4O3S2. The molecule has 1 aromatic heterocycles. The van der Waals surface area contributed by atoms with Crippen LogP contribution in [0.25, 0.3) is 0 Å². The van der Waals surface area contributed by atoms with E-state index in [2.05, 4.69) is 20.8 Å². The lowest BCUT2D eigenvalue weighted by Gasteiger charge is -2.08. The van der Waals surface area contributed by atoms with E-state index in [4.69, 9.17) is 4.74 Å². The van der Waals surface area contributed by atoms with E-state index in [-0.39, 0.29) is 17.8 Å². The maximum Gasteiger partial charge on any atom is 0.228 e. The summed E-state index contributed by atoms with van der Waals surface area (Å²) in [4.78, 5) is 23.8. The van der Waals surface area contributed by atoms with Crippen LogP contribution in [0.4, 0.5) is 10.8 Å². The zero-order valence-corrected chi connectivity index (χ0v) is 15.6. The summed E-state index contributed by atoms with van der Waals surface area (Å²) in [6, 6.07) is 5.34. The zero-order chi connectivity index (χ0) is 17.9. The Morgan fingerprint density at radius 2 is 2.35 bits per heavy atom. The molecule has 1 aromatic carbocycles. The van der Waals surface area contributed by atoms with Crippen molar-refractivity contribution < 1.29 is 14.3 Å². The number of ether oxygens (including phenoxy) is 1. The molecule has 0 spiro atoms. The van der Waals surface area contributed by atoms with E-state index >= 15 is 0 Å². The standard InChI is InChI=1S/C17H18N4O3S2/c22-14(10-3-4-13-11(6-10)7-15(23)19-13)9-25-17-21-20-16(26-17)18-8-12-2-1-5-24-12/h3-4,6,12H,1-2,5,7-9H2,(H,18,20)(H,19,23)/t12-/m1/s1. The Morgan fingerprint density at radius 1 is 1.42 bits per heavy atom. The number of Topliss-reactive ketones (excluding diaryl/α,β-unsaturated/α-hetero) is 1. The minimum absolute atomic E-state index is 0.0150. The molecule has 0 unspecified atom stereocenters. The molecule has 2 N–H and O–H groups in total. The van der Waals surface area contributed by atoms with Crippen LogP contribution in [0.2, 0.25) is 0 Å². The predicted octanol–water partition coefficient (Wildman–Crippen LogP) is 2.60. The topological polar surface area (TPSA) is 93.2 Å². The van der Waals surface area contributed by atoms with Crippen LogP contribution >= 0.6 is 23.1 Å². The number of thioether (sulfide) groups is 1. The number of fused-ring (bicyclic) bond motifs is 1. The third kappa shape index (κ3) is 4.05. The fraction of sp³-hybridized carbons (Fsp3) is 0.412. The Bertz CT molecular complexity index is 833. The van der Waals surface area contributed by atoms with Gasteiger partial charge in [0.2, 0.25) is 11.0 Å². The molecule has 0 radical (unpaired) electrons. The van der Waals surface area contributed by atoms with Crippen molar-refractivity contribution in [2.75, 3.05) is 29.5 Å². The first kappa shape index (κ1) is 17.4. The number of anilines is 2. The SMILES string of the molecule is O=C1Cc2cc(C(=O)CSc3nnc(NC[C@H]4CCCO4)s3)ccc2N1. The highest BCUT2D eigenvalue weighted by molar-refractivity contribution is 8.01. The summed E-state index contributed by atoms with van der Waals surface area (Å²) in [5.41, 5.74) is 2.29. The molecule has 26 heavy (non-hydrogen) atoms. The van der Waals surface area contributed by atoms with E-state index in [9.17, 15) is 9.59 Å². The largest absolute Gasteiger partial charge is 0.376 e. The summed E-state index contributed by atoms with van der Waals surface area (Å²) in [6.45, 7) is 1.57. The number of ketones is 1. The Hall–Kier alpha value is -1.97. The van der Waals surface area contributed by atoms with E-state index in [0.29, 0.717) is 17.7 Å². The molecular weight excluding hydrogens is 372 g/mol. The third-order valence-electron chi connectivity index (χ3n) is 4.29. The summed E-state index contributed by atoms with van der Waals surface area (Å²) < 4.78 is 6.32. The van der Waals surface area contributed by atoms with E-state index in [1.807, 2.05) is 0 Å². The molecule has 2 aliphatic heterocycles. The van der Waals surface area contributed by atoms with Crippen molar-refractivity contribution in [2.45, 2.75) is 29.7 Å². The van der Waals surface area contributed by atoms with E-state index < -0.39 is 0 Å². The first-order valence-electron chi connectivity index (χ1n) is 8.45. The summed E-state index contributed by atoms with van der Waals surface area (Å²) in [6.07, 6.45) is 2.76. The molecule has 0 saturated carbocycles. The number of hydrogen-bond acceptors (Lipinski definition) is 8. The molecule has 0 bridgehead atoms. The van der Waals surface area contributed by atoms with Gasteiger partial charge in [0.25, 0.3) is 0 Å². The predicted molar refractivity (Wildman–Crippen MR) is 101 cm³/mol. The van der Waals surface area contributed by atoms with Crippen LogP contribution in [-0.4, -0.2) is 46.9 Å². The van der Waals surface area contributed by atoms with Gasteiger partial charge in [-0.2, -0.15) is 0 Å². The molecule has 9 heteroatoms. The highest BCUT2D eigenvalue weighted by Crippen LogP contribution is 2.28. The first-order chi connectivity index (χ1) is 12.7. The van der Waals surface area contributed by atoms with E-state index in [1.165, 1.54) is 23.1 Å². The molecule has 4 rings (SSSR count). The molecule has 3 heterocycles. The van der Waals surface area contributed by atoms with Gasteiger partial charge in [-0.15, -0.1) is 10.2 Å². The van der Waals surface area contributed by atoms with Crippen LogP contribution in [0.15, 0.2) is 22.5 Å². The second-order valence-electron chi connectivity index (χ2n) is 6.20. The second-order valence-corrected chi connectivity index (χ2v) is 8.40. The van der Waals surface area contributed by atoms with Gasteiger partial charge in [0, 0.05) is 24.4 Å². The fourth-order valence-corrected chi connectivity index (χ4v) is 4.61. The monoisotopic (exact) mass is 390 g/mol. The zero-order valence-electron chi connectivity index (χ0n) is 14.0. The lowest BCUT2D eigenvalue weighted by Crippen LogP contribution is -2.18. The van der Waals surface area contributed by atoms with Crippen LogP contribution in [0.5, 0.6) is 0 Å². The molecule has 1 amide bonds. The minimum atomic E-state index is -0.0316. The fourth-order valence-electron chi connectivity index (χ4n) is 2.96. The summed E-state index contributed by atoms with van der Waals surface area (Å²) in [5, 5.41) is 15.0. The van der Waals surface area contributed by atoms with Crippen molar-refractivity contribution in [3.8, 4) is 0 Å². The maximum atomic E-state index is 12.4. The minimum Gasteiger partial charge on any atom is -0.376 e. The molecule has 1 atom stereocenters. The molecule has 2 aliphatic rings. The summed E-state index contributed by atoms with van der Waals surface area (Å²) in [7, 11) is 0. The van der Waals surface area contributed by atoms with Crippen LogP contribution in [0, 0.1) is 0 Å². The van der Waals surface area contributed by atoms with Gasteiger partial charge in [-0.25, -0.2) is 0 Å². The lowest BCUT2D eigenvalue weighted by molar-refractivity contribution is -0.115. The van der Waals surface area contributed by atoms with E-state index in [1.54, 1.807) is 18.2 Å². The van der Waals surface area contributed by atoms with Crippen molar-refractivity contribution >= 4 is 45.6 Å². The number of nitrogens with zero attached hydrogens (tertiary/aromatic N) is 2. The van der Waals surface area contributed by atoms with Gasteiger partial charge in [0.05, 0.1) is 18.3 Å².